The highest BCUT2D eigenvalue weighted by atomic mass is 19.1. The number of ether oxygens (including phenoxy) is 1. The van der Waals surface area contributed by atoms with Crippen LogP contribution in [-0.4, -0.2) is 50.2 Å². The fraction of sp³-hybridized carbons (Fsp3) is 0.611. The molecule has 0 heterocycles. The lowest BCUT2D eigenvalue weighted by Gasteiger charge is -2.18. The van der Waals surface area contributed by atoms with Crippen molar-refractivity contribution < 1.29 is 13.9 Å². The maximum Gasteiger partial charge on any atom is 0.227 e. The Morgan fingerprint density at radius 3 is 2.39 bits per heavy atom. The molecule has 0 spiro atoms. The summed E-state index contributed by atoms with van der Waals surface area (Å²) in [5.41, 5.74) is 0.842. The normalized spacial score (nSPS) is 12.4. The molecule has 0 saturated carbocycles. The van der Waals surface area contributed by atoms with Crippen LogP contribution in [0.3, 0.4) is 0 Å². The summed E-state index contributed by atoms with van der Waals surface area (Å²) in [6.45, 7) is 10.8. The van der Waals surface area contributed by atoms with Gasteiger partial charge in [-0.25, -0.2) is 4.39 Å². The monoisotopic (exact) mass is 324 g/mol. The van der Waals surface area contributed by atoms with Crippen molar-refractivity contribution in [3.05, 3.63) is 35.6 Å². The minimum absolute atomic E-state index is 0.0357. The largest absolute Gasteiger partial charge is 0.378 e. The van der Waals surface area contributed by atoms with Crippen molar-refractivity contribution in [2.45, 2.75) is 33.1 Å². The first kappa shape index (κ1) is 19.6. The Kier molecular flexibility index (Phi) is 9.48. The lowest BCUT2D eigenvalue weighted by Crippen LogP contribution is -2.33. The molecule has 4 nitrogen and oxygen atoms in total. The quantitative estimate of drug-likeness (QED) is 0.637. The van der Waals surface area contributed by atoms with Gasteiger partial charge in [0, 0.05) is 13.1 Å². The van der Waals surface area contributed by atoms with Gasteiger partial charge in [0.2, 0.25) is 5.91 Å². The Bertz CT molecular complexity index is 447. The number of hydrogen-bond donors (Lipinski definition) is 1. The van der Waals surface area contributed by atoms with Crippen molar-refractivity contribution >= 4 is 5.91 Å². The molecule has 130 valence electrons. The van der Waals surface area contributed by atoms with Crippen molar-refractivity contribution in [1.29, 1.82) is 0 Å². The molecule has 1 N–H and O–H groups in total. The first-order valence-corrected chi connectivity index (χ1v) is 8.45. The Balaban J connectivity index is 2.28. The molecule has 0 fully saturated rings. The second-order valence-corrected chi connectivity index (χ2v) is 5.44. The number of carbonyl (C=O) groups excluding carboxylic acids is 1. The lowest BCUT2D eigenvalue weighted by atomic mass is 9.95. The van der Waals surface area contributed by atoms with Crippen LogP contribution in [0.25, 0.3) is 0 Å². The highest BCUT2D eigenvalue weighted by molar-refractivity contribution is 5.83. The van der Waals surface area contributed by atoms with Crippen LogP contribution in [0.5, 0.6) is 0 Å². The minimum atomic E-state index is -0.286. The molecule has 0 aliphatic carbocycles. The zero-order valence-electron chi connectivity index (χ0n) is 14.5. The highest BCUT2D eigenvalue weighted by Gasteiger charge is 2.18. The zero-order valence-corrected chi connectivity index (χ0v) is 14.5. The summed E-state index contributed by atoms with van der Waals surface area (Å²) in [6.07, 6.45) is 0.681. The summed E-state index contributed by atoms with van der Waals surface area (Å²) in [5, 5.41) is 2.89. The molecule has 0 aromatic heterocycles. The summed E-state index contributed by atoms with van der Waals surface area (Å²) < 4.78 is 18.5. The second kappa shape index (κ2) is 11.1. The van der Waals surface area contributed by atoms with Gasteiger partial charge in [-0.3, -0.25) is 4.79 Å². The topological polar surface area (TPSA) is 41.6 Å². The van der Waals surface area contributed by atoms with Crippen molar-refractivity contribution in [2.24, 2.45) is 0 Å². The predicted octanol–water partition coefficient (Wildman–Crippen LogP) is 2.79. The smallest absolute Gasteiger partial charge is 0.227 e. The van der Waals surface area contributed by atoms with Crippen molar-refractivity contribution in [2.75, 3.05) is 39.4 Å². The first-order chi connectivity index (χ1) is 11.1. The van der Waals surface area contributed by atoms with Gasteiger partial charge in [0.15, 0.2) is 0 Å². The zero-order chi connectivity index (χ0) is 17.1. The molecule has 1 amide bonds. The summed E-state index contributed by atoms with van der Waals surface area (Å²) >= 11 is 0. The van der Waals surface area contributed by atoms with Crippen LogP contribution >= 0.6 is 0 Å². The number of halogens is 1. The average molecular weight is 324 g/mol. The molecule has 0 saturated heterocycles. The van der Waals surface area contributed by atoms with Crippen LogP contribution < -0.4 is 5.32 Å². The van der Waals surface area contributed by atoms with Crippen LogP contribution in [-0.2, 0) is 9.53 Å². The molecular weight excluding hydrogens is 295 g/mol. The fourth-order valence-corrected chi connectivity index (χ4v) is 2.47. The van der Waals surface area contributed by atoms with Gasteiger partial charge in [0.1, 0.15) is 5.82 Å². The average Bonchev–Trinajstić information content (AvgIpc) is 2.56. The van der Waals surface area contributed by atoms with Gasteiger partial charge in [-0.15, -0.1) is 0 Å². The lowest BCUT2D eigenvalue weighted by molar-refractivity contribution is -0.122. The Hall–Kier alpha value is -1.46. The number of likely N-dealkylation sites (N-methyl/N-ethyl adjacent to an activating group) is 1. The predicted molar refractivity (Wildman–Crippen MR) is 91.0 cm³/mol. The minimum Gasteiger partial charge on any atom is -0.378 e. The van der Waals surface area contributed by atoms with Gasteiger partial charge < -0.3 is 15.0 Å². The Morgan fingerprint density at radius 1 is 1.17 bits per heavy atom. The van der Waals surface area contributed by atoms with E-state index in [1.807, 2.05) is 6.92 Å². The van der Waals surface area contributed by atoms with Gasteiger partial charge in [-0.1, -0.05) is 32.9 Å². The van der Waals surface area contributed by atoms with E-state index in [1.54, 1.807) is 12.1 Å². The molecule has 23 heavy (non-hydrogen) atoms. The van der Waals surface area contributed by atoms with E-state index in [1.165, 1.54) is 12.1 Å². The Morgan fingerprint density at radius 2 is 1.83 bits per heavy atom. The van der Waals surface area contributed by atoms with E-state index in [0.717, 1.165) is 25.2 Å². The van der Waals surface area contributed by atoms with Gasteiger partial charge in [-0.2, -0.15) is 0 Å². The number of rotatable bonds is 11. The molecule has 1 atom stereocenters. The van der Waals surface area contributed by atoms with E-state index >= 15 is 0 Å². The molecule has 0 radical (unpaired) electrons. The molecule has 1 unspecified atom stereocenters. The van der Waals surface area contributed by atoms with Crippen molar-refractivity contribution in [3.63, 3.8) is 0 Å². The highest BCUT2D eigenvalue weighted by Crippen LogP contribution is 2.19. The van der Waals surface area contributed by atoms with Crippen molar-refractivity contribution in [3.8, 4) is 0 Å². The van der Waals surface area contributed by atoms with Crippen LogP contribution in [0, 0.1) is 5.82 Å². The number of amides is 1. The fourth-order valence-electron chi connectivity index (χ4n) is 2.47. The van der Waals surface area contributed by atoms with Gasteiger partial charge >= 0.3 is 0 Å². The second-order valence-electron chi connectivity index (χ2n) is 5.44. The van der Waals surface area contributed by atoms with Crippen molar-refractivity contribution in [1.82, 2.24) is 10.2 Å². The van der Waals surface area contributed by atoms with Crippen LogP contribution in [0.2, 0.25) is 0 Å². The number of hydrogen-bond acceptors (Lipinski definition) is 3. The van der Waals surface area contributed by atoms with Crippen LogP contribution in [0.1, 0.15) is 38.7 Å². The maximum atomic E-state index is 13.0. The molecule has 1 rings (SSSR count). The van der Waals surface area contributed by atoms with Crippen LogP contribution in [0.15, 0.2) is 24.3 Å². The number of nitrogens with one attached hydrogen (secondary N) is 1. The first-order valence-electron chi connectivity index (χ1n) is 8.45. The summed E-state index contributed by atoms with van der Waals surface area (Å²) in [5.74, 6) is -0.566. The molecule has 1 aromatic rings. The maximum absolute atomic E-state index is 13.0. The third-order valence-electron chi connectivity index (χ3n) is 3.99. The standard InChI is InChI=1S/C18H29FN2O2/c1-4-17(15-7-9-16(19)10-8-15)18(22)20-11-13-23-14-12-21(5-2)6-3/h7-10,17H,4-6,11-14H2,1-3H3,(H,20,22). The summed E-state index contributed by atoms with van der Waals surface area (Å²) in [7, 11) is 0. The van der Waals surface area contributed by atoms with E-state index in [-0.39, 0.29) is 17.6 Å². The number of nitrogens with zero attached hydrogens (tertiary/aromatic N) is 1. The summed E-state index contributed by atoms with van der Waals surface area (Å²) in [6, 6.07) is 6.12. The van der Waals surface area contributed by atoms with E-state index in [4.69, 9.17) is 4.74 Å². The third-order valence-corrected chi connectivity index (χ3v) is 3.99. The number of carbonyl (C=O) groups is 1. The molecule has 0 bridgehead atoms. The van der Waals surface area contributed by atoms with Gasteiger partial charge in [0.25, 0.3) is 0 Å². The summed E-state index contributed by atoms with van der Waals surface area (Å²) in [4.78, 5) is 14.5. The molecule has 5 heteroatoms. The van der Waals surface area contributed by atoms with E-state index in [9.17, 15) is 9.18 Å². The van der Waals surface area contributed by atoms with Gasteiger partial charge in [0.05, 0.1) is 19.1 Å². The van der Waals surface area contributed by atoms with Crippen LogP contribution in [0.4, 0.5) is 4.39 Å². The third kappa shape index (κ3) is 7.10. The SMILES string of the molecule is CCC(C(=O)NCCOCCN(CC)CC)c1ccc(F)cc1. The van der Waals surface area contributed by atoms with Gasteiger partial charge in [-0.05, 0) is 37.2 Å². The van der Waals surface area contributed by atoms with E-state index in [2.05, 4.69) is 24.1 Å². The molecular formula is C18H29FN2O2. The molecule has 1 aromatic carbocycles. The molecule has 0 aliphatic heterocycles. The van der Waals surface area contributed by atoms with E-state index in [0.29, 0.717) is 26.2 Å². The number of benzene rings is 1. The molecule has 0 aliphatic rings. The Labute approximate surface area is 139 Å². The van der Waals surface area contributed by atoms with E-state index < -0.39 is 0 Å².